The van der Waals surface area contributed by atoms with E-state index in [9.17, 15) is 0 Å². The molecule has 2 aliphatic rings. The van der Waals surface area contributed by atoms with Crippen LogP contribution in [-0.2, 0) is 6.42 Å². The predicted octanol–water partition coefficient (Wildman–Crippen LogP) is 2.48. The Morgan fingerprint density at radius 2 is 2.00 bits per heavy atom. The maximum absolute atomic E-state index is 9.05. The molecule has 0 aromatic heterocycles. The second-order valence-electron chi connectivity index (χ2n) is 7.45. The molecule has 0 saturated carbocycles. The summed E-state index contributed by atoms with van der Waals surface area (Å²) in [6, 6.07) is 15.3. The molecule has 2 aliphatic heterocycles. The third-order valence-electron chi connectivity index (χ3n) is 5.91. The number of aliphatic hydroxyl groups is 1. The first-order chi connectivity index (χ1) is 13.2. The first-order valence-corrected chi connectivity index (χ1v) is 9.70. The summed E-state index contributed by atoms with van der Waals surface area (Å²) in [5.74, 6) is 1.81. The minimum atomic E-state index is -0.00757. The van der Waals surface area contributed by atoms with E-state index >= 15 is 0 Å². The third-order valence-corrected chi connectivity index (χ3v) is 5.91. The van der Waals surface area contributed by atoms with Crippen LogP contribution in [0.15, 0.2) is 42.5 Å². The number of ether oxygens (including phenoxy) is 2. The van der Waals surface area contributed by atoms with E-state index in [0.717, 1.165) is 31.7 Å². The van der Waals surface area contributed by atoms with Crippen LogP contribution in [-0.4, -0.2) is 49.5 Å². The summed E-state index contributed by atoms with van der Waals surface area (Å²) in [6.45, 7) is 2.28. The summed E-state index contributed by atoms with van der Waals surface area (Å²) in [5, 5.41) is 9.05. The minimum Gasteiger partial charge on any atom is -0.493 e. The summed E-state index contributed by atoms with van der Waals surface area (Å²) < 4.78 is 11.2. The van der Waals surface area contributed by atoms with Gasteiger partial charge in [0.1, 0.15) is 6.61 Å². The number of methoxy groups -OCH3 is 1. The fraction of sp³-hybridized carbons (Fsp3) is 0.455. The van der Waals surface area contributed by atoms with Crippen LogP contribution in [0.3, 0.4) is 0 Å². The lowest BCUT2D eigenvalue weighted by Crippen LogP contribution is -2.49. The summed E-state index contributed by atoms with van der Waals surface area (Å²) in [6.07, 6.45) is 1.93. The maximum Gasteiger partial charge on any atom is 0.161 e. The standard InChI is InChI=1S/C22H28N2O3/c1-26-21-12-17-16(11-22(21)27-10-9-25)7-8-24-14-18(19(23)13-20(17)24)15-5-3-2-4-6-15/h2-6,11-12,18-20,25H,7-10,13-14,23H2,1H3/t18-,19+,20+/m0/s1. The topological polar surface area (TPSA) is 68.0 Å². The monoisotopic (exact) mass is 368 g/mol. The molecule has 0 bridgehead atoms. The molecule has 0 unspecified atom stereocenters. The van der Waals surface area contributed by atoms with E-state index < -0.39 is 0 Å². The van der Waals surface area contributed by atoms with Gasteiger partial charge in [-0.15, -0.1) is 0 Å². The quantitative estimate of drug-likeness (QED) is 0.849. The maximum atomic E-state index is 9.05. The second-order valence-corrected chi connectivity index (χ2v) is 7.45. The fourth-order valence-corrected chi connectivity index (χ4v) is 4.55. The molecule has 0 aliphatic carbocycles. The van der Waals surface area contributed by atoms with Gasteiger partial charge in [-0.3, -0.25) is 4.90 Å². The van der Waals surface area contributed by atoms with Crippen LogP contribution in [0.2, 0.25) is 0 Å². The molecule has 0 amide bonds. The second kappa shape index (κ2) is 7.89. The molecule has 144 valence electrons. The SMILES string of the molecule is COc1cc2c(cc1OCCO)CCN1C[C@@H](c3ccccc3)[C@H](N)C[C@H]21. The molecule has 5 nitrogen and oxygen atoms in total. The summed E-state index contributed by atoms with van der Waals surface area (Å²) in [4.78, 5) is 2.57. The van der Waals surface area contributed by atoms with E-state index in [-0.39, 0.29) is 19.3 Å². The Balaban J connectivity index is 1.61. The largest absolute Gasteiger partial charge is 0.493 e. The number of fused-ring (bicyclic) bond motifs is 3. The van der Waals surface area contributed by atoms with Crippen molar-refractivity contribution < 1.29 is 14.6 Å². The number of piperidine rings is 1. The van der Waals surface area contributed by atoms with Gasteiger partial charge in [0.2, 0.25) is 0 Å². The van der Waals surface area contributed by atoms with Gasteiger partial charge in [-0.05, 0) is 41.7 Å². The van der Waals surface area contributed by atoms with Crippen molar-refractivity contribution in [3.63, 3.8) is 0 Å². The van der Waals surface area contributed by atoms with Gasteiger partial charge < -0.3 is 20.3 Å². The van der Waals surface area contributed by atoms with Gasteiger partial charge in [-0.2, -0.15) is 0 Å². The highest BCUT2D eigenvalue weighted by Gasteiger charge is 2.38. The molecule has 2 aromatic carbocycles. The predicted molar refractivity (Wildman–Crippen MR) is 105 cm³/mol. The van der Waals surface area contributed by atoms with Crippen molar-refractivity contribution in [1.29, 1.82) is 0 Å². The van der Waals surface area contributed by atoms with Crippen molar-refractivity contribution in [1.82, 2.24) is 4.90 Å². The van der Waals surface area contributed by atoms with E-state index in [1.54, 1.807) is 7.11 Å². The Bertz CT molecular complexity index is 781. The summed E-state index contributed by atoms with van der Waals surface area (Å²) >= 11 is 0. The minimum absolute atomic E-state index is 0.00757. The normalized spacial score (nSPS) is 24.8. The Morgan fingerprint density at radius 3 is 2.74 bits per heavy atom. The van der Waals surface area contributed by atoms with Gasteiger partial charge >= 0.3 is 0 Å². The number of nitrogens with zero attached hydrogens (tertiary/aromatic N) is 1. The highest BCUT2D eigenvalue weighted by Crippen LogP contribution is 2.44. The summed E-state index contributed by atoms with van der Waals surface area (Å²) in [7, 11) is 1.66. The van der Waals surface area contributed by atoms with Crippen molar-refractivity contribution in [3.8, 4) is 11.5 Å². The fourth-order valence-electron chi connectivity index (χ4n) is 4.55. The Kier molecular flexibility index (Phi) is 5.34. The zero-order valence-corrected chi connectivity index (χ0v) is 15.8. The molecule has 3 atom stereocenters. The van der Waals surface area contributed by atoms with Gasteiger partial charge in [0, 0.05) is 31.1 Å². The Labute approximate surface area is 160 Å². The molecular formula is C22H28N2O3. The molecule has 3 N–H and O–H groups in total. The zero-order valence-electron chi connectivity index (χ0n) is 15.8. The van der Waals surface area contributed by atoms with Gasteiger partial charge in [0.05, 0.1) is 13.7 Å². The van der Waals surface area contributed by atoms with E-state index in [0.29, 0.717) is 17.7 Å². The van der Waals surface area contributed by atoms with Gasteiger partial charge in [-0.1, -0.05) is 30.3 Å². The molecule has 0 radical (unpaired) electrons. The number of hydrogen-bond acceptors (Lipinski definition) is 5. The van der Waals surface area contributed by atoms with Gasteiger partial charge in [0.15, 0.2) is 11.5 Å². The average molecular weight is 368 g/mol. The number of benzene rings is 2. The van der Waals surface area contributed by atoms with Crippen molar-refractivity contribution in [2.45, 2.75) is 30.8 Å². The molecule has 0 spiro atoms. The highest BCUT2D eigenvalue weighted by molar-refractivity contribution is 5.50. The lowest BCUT2D eigenvalue weighted by atomic mass is 9.78. The number of nitrogens with two attached hydrogens (primary N) is 1. The van der Waals surface area contributed by atoms with E-state index in [4.69, 9.17) is 20.3 Å². The number of hydrogen-bond donors (Lipinski definition) is 2. The van der Waals surface area contributed by atoms with E-state index in [1.807, 2.05) is 0 Å². The van der Waals surface area contributed by atoms with Crippen molar-refractivity contribution in [2.75, 3.05) is 33.4 Å². The van der Waals surface area contributed by atoms with Crippen LogP contribution in [0.1, 0.15) is 35.1 Å². The molecule has 27 heavy (non-hydrogen) atoms. The smallest absolute Gasteiger partial charge is 0.161 e. The van der Waals surface area contributed by atoms with Crippen molar-refractivity contribution >= 4 is 0 Å². The summed E-state index contributed by atoms with van der Waals surface area (Å²) in [5.41, 5.74) is 10.6. The lowest BCUT2D eigenvalue weighted by Gasteiger charge is -2.46. The number of rotatable bonds is 5. The van der Waals surface area contributed by atoms with Crippen LogP contribution in [0.5, 0.6) is 11.5 Å². The Hall–Kier alpha value is -2.08. The van der Waals surface area contributed by atoms with Crippen LogP contribution in [0, 0.1) is 0 Å². The van der Waals surface area contributed by atoms with Crippen LogP contribution < -0.4 is 15.2 Å². The molecule has 2 aromatic rings. The number of aliphatic hydroxyl groups excluding tert-OH is 1. The molecule has 4 rings (SSSR count). The first-order valence-electron chi connectivity index (χ1n) is 9.70. The molecular weight excluding hydrogens is 340 g/mol. The van der Waals surface area contributed by atoms with Crippen LogP contribution in [0.4, 0.5) is 0 Å². The van der Waals surface area contributed by atoms with Gasteiger partial charge in [-0.25, -0.2) is 0 Å². The average Bonchev–Trinajstić information content (AvgIpc) is 2.71. The van der Waals surface area contributed by atoms with Gasteiger partial charge in [0.25, 0.3) is 0 Å². The van der Waals surface area contributed by atoms with Crippen LogP contribution in [0.25, 0.3) is 0 Å². The van der Waals surface area contributed by atoms with Crippen LogP contribution >= 0.6 is 0 Å². The third kappa shape index (κ3) is 3.55. The van der Waals surface area contributed by atoms with E-state index in [1.165, 1.54) is 16.7 Å². The lowest BCUT2D eigenvalue weighted by molar-refractivity contribution is 0.109. The molecule has 1 saturated heterocycles. The molecule has 1 fully saturated rings. The molecule has 5 heteroatoms. The van der Waals surface area contributed by atoms with E-state index in [2.05, 4.69) is 47.4 Å². The Morgan fingerprint density at radius 1 is 1.19 bits per heavy atom. The molecule has 2 heterocycles. The first kappa shape index (κ1) is 18.3. The van der Waals surface area contributed by atoms with Crippen molar-refractivity contribution in [3.05, 3.63) is 59.2 Å². The van der Waals surface area contributed by atoms with Crippen molar-refractivity contribution in [2.24, 2.45) is 5.73 Å². The highest BCUT2D eigenvalue weighted by atomic mass is 16.5. The zero-order chi connectivity index (χ0) is 18.8.